The van der Waals surface area contributed by atoms with Gasteiger partial charge in [-0.05, 0) is 47.3 Å². The topological polar surface area (TPSA) is 105 Å². The summed E-state index contributed by atoms with van der Waals surface area (Å²) < 4.78 is 15.1. The second-order valence-electron chi connectivity index (χ2n) is 5.92. The molecule has 1 amide bonds. The van der Waals surface area contributed by atoms with Crippen molar-refractivity contribution in [2.45, 2.75) is 13.8 Å². The van der Waals surface area contributed by atoms with E-state index >= 15 is 0 Å². The maximum absolute atomic E-state index is 11.9. The normalized spacial score (nSPS) is 10.9. The number of nitrogens with one attached hydrogen (secondary N) is 1. The second kappa shape index (κ2) is 7.06. The van der Waals surface area contributed by atoms with Gasteiger partial charge in [0.2, 0.25) is 5.91 Å². The molecule has 2 aromatic carbocycles. The molecular formula is C18H14N4O4S2. The maximum atomic E-state index is 11.9. The van der Waals surface area contributed by atoms with E-state index in [1.54, 1.807) is 41.7 Å². The van der Waals surface area contributed by atoms with Gasteiger partial charge < -0.3 is 9.84 Å². The summed E-state index contributed by atoms with van der Waals surface area (Å²) in [6, 6.07) is 6.66. The fraction of sp³-hybridized carbons (Fsp3) is 0.111. The highest BCUT2D eigenvalue weighted by Gasteiger charge is 2.21. The summed E-state index contributed by atoms with van der Waals surface area (Å²) in [7, 11) is 0. The average molecular weight is 414 g/mol. The van der Waals surface area contributed by atoms with Crippen LogP contribution in [0.4, 0.5) is 11.4 Å². The van der Waals surface area contributed by atoms with Crippen LogP contribution in [0.3, 0.4) is 0 Å². The Bertz CT molecular complexity index is 1220. The summed E-state index contributed by atoms with van der Waals surface area (Å²) in [5.41, 5.74) is 4.13. The van der Waals surface area contributed by atoms with E-state index in [1.165, 1.54) is 36.9 Å². The van der Waals surface area contributed by atoms with Crippen LogP contribution in [0.1, 0.15) is 13.8 Å². The third-order valence-corrected chi connectivity index (χ3v) is 5.59. The van der Waals surface area contributed by atoms with Crippen LogP contribution >= 0.6 is 23.1 Å². The van der Waals surface area contributed by atoms with Gasteiger partial charge in [-0.2, -0.15) is 8.75 Å². The van der Waals surface area contributed by atoms with E-state index in [0.717, 1.165) is 9.40 Å². The minimum atomic E-state index is -0.427. The van der Waals surface area contributed by atoms with Crippen molar-refractivity contribution in [1.82, 2.24) is 14.2 Å². The molecule has 4 rings (SSSR count). The van der Waals surface area contributed by atoms with E-state index in [-0.39, 0.29) is 11.7 Å². The van der Waals surface area contributed by atoms with Crippen molar-refractivity contribution >= 4 is 66.5 Å². The van der Waals surface area contributed by atoms with Gasteiger partial charge in [-0.1, -0.05) is 0 Å². The molecule has 0 radical (unpaired) electrons. The number of phenols is 1. The standard InChI is InChI=1S/C18H14N4O4S2/c1-9(23)21-22(13-3-5-15(25)11-7-19-27-17(11)13)14-4-6-16(26-10(2)24)12-8-20-28-18(12)14/h3-8,25H,1-2H3,(H,21,23). The first kappa shape index (κ1) is 18.1. The fourth-order valence-electron chi connectivity index (χ4n) is 2.85. The number of nitrogens with zero attached hydrogens (tertiary/aromatic N) is 3. The van der Waals surface area contributed by atoms with E-state index in [2.05, 4.69) is 14.2 Å². The number of anilines is 2. The zero-order valence-electron chi connectivity index (χ0n) is 14.8. The van der Waals surface area contributed by atoms with Gasteiger partial charge in [-0.15, -0.1) is 0 Å². The second-order valence-corrected chi connectivity index (χ2v) is 7.52. The van der Waals surface area contributed by atoms with Crippen molar-refractivity contribution in [2.75, 3.05) is 5.01 Å². The smallest absolute Gasteiger partial charge is 0.308 e. The van der Waals surface area contributed by atoms with E-state index in [4.69, 9.17) is 4.74 Å². The Labute approximate surface area is 167 Å². The largest absolute Gasteiger partial charge is 0.507 e. The summed E-state index contributed by atoms with van der Waals surface area (Å²) in [5, 5.41) is 13.0. The number of esters is 1. The van der Waals surface area contributed by atoms with E-state index in [9.17, 15) is 14.7 Å². The van der Waals surface area contributed by atoms with Gasteiger partial charge in [-0.25, -0.2) is 0 Å². The molecule has 0 aliphatic rings. The number of hydrogen-bond donors (Lipinski definition) is 2. The first-order valence-electron chi connectivity index (χ1n) is 8.15. The maximum Gasteiger partial charge on any atom is 0.308 e. The Hall–Kier alpha value is -3.24. The van der Waals surface area contributed by atoms with E-state index in [1.807, 2.05) is 0 Å². The van der Waals surface area contributed by atoms with Gasteiger partial charge in [0.15, 0.2) is 0 Å². The number of phenolic OH excluding ortho intramolecular Hbond substituents is 1. The molecule has 2 aromatic heterocycles. The molecule has 0 aliphatic heterocycles. The Morgan fingerprint density at radius 3 is 2.25 bits per heavy atom. The molecule has 0 spiro atoms. The zero-order chi connectivity index (χ0) is 19.8. The van der Waals surface area contributed by atoms with Crippen LogP contribution < -0.4 is 15.2 Å². The summed E-state index contributed by atoms with van der Waals surface area (Å²) in [6.45, 7) is 2.74. The van der Waals surface area contributed by atoms with Gasteiger partial charge in [0.25, 0.3) is 0 Å². The number of aromatic hydroxyl groups is 1. The van der Waals surface area contributed by atoms with Crippen LogP contribution in [0.25, 0.3) is 20.2 Å². The minimum absolute atomic E-state index is 0.114. The molecular weight excluding hydrogens is 400 g/mol. The van der Waals surface area contributed by atoms with Crippen LogP contribution in [0, 0.1) is 0 Å². The highest BCUT2D eigenvalue weighted by Crippen LogP contribution is 2.42. The highest BCUT2D eigenvalue weighted by molar-refractivity contribution is 7.14. The first-order chi connectivity index (χ1) is 13.5. The molecule has 0 atom stereocenters. The van der Waals surface area contributed by atoms with Crippen molar-refractivity contribution in [2.24, 2.45) is 0 Å². The van der Waals surface area contributed by atoms with Crippen molar-refractivity contribution < 1.29 is 19.4 Å². The van der Waals surface area contributed by atoms with Crippen LogP contribution in [0.5, 0.6) is 11.5 Å². The molecule has 28 heavy (non-hydrogen) atoms. The Morgan fingerprint density at radius 2 is 1.61 bits per heavy atom. The van der Waals surface area contributed by atoms with Crippen molar-refractivity contribution in [3.63, 3.8) is 0 Å². The van der Waals surface area contributed by atoms with Gasteiger partial charge >= 0.3 is 5.97 Å². The van der Waals surface area contributed by atoms with Gasteiger partial charge in [0, 0.05) is 13.8 Å². The van der Waals surface area contributed by atoms with Gasteiger partial charge in [0.1, 0.15) is 11.5 Å². The lowest BCUT2D eigenvalue weighted by molar-refractivity contribution is -0.131. The number of rotatable bonds is 4. The molecule has 4 aromatic rings. The number of ether oxygens (including phenoxy) is 1. The summed E-state index contributed by atoms with van der Waals surface area (Å²) >= 11 is 2.43. The molecule has 0 unspecified atom stereocenters. The molecule has 10 heteroatoms. The van der Waals surface area contributed by atoms with Crippen LogP contribution in [0.2, 0.25) is 0 Å². The monoisotopic (exact) mass is 414 g/mol. The minimum Gasteiger partial charge on any atom is -0.507 e. The van der Waals surface area contributed by atoms with Crippen LogP contribution in [0.15, 0.2) is 36.7 Å². The lowest BCUT2D eigenvalue weighted by Crippen LogP contribution is -2.37. The number of amides is 1. The summed E-state index contributed by atoms with van der Waals surface area (Å²) in [6.07, 6.45) is 3.20. The van der Waals surface area contributed by atoms with E-state index < -0.39 is 5.97 Å². The lowest BCUT2D eigenvalue weighted by atomic mass is 10.2. The Morgan fingerprint density at radius 1 is 1.00 bits per heavy atom. The predicted octanol–water partition coefficient (Wildman–Crippen LogP) is 3.73. The van der Waals surface area contributed by atoms with Crippen LogP contribution in [-0.4, -0.2) is 25.7 Å². The number of hydrogen-bond acceptors (Lipinski definition) is 9. The third-order valence-electron chi connectivity index (χ3n) is 3.94. The molecule has 0 aliphatic carbocycles. The Balaban J connectivity index is 1.93. The summed E-state index contributed by atoms with van der Waals surface area (Å²) in [5.74, 6) is -0.184. The fourth-order valence-corrected chi connectivity index (χ4v) is 4.39. The van der Waals surface area contributed by atoms with Gasteiger partial charge in [-0.3, -0.25) is 20.0 Å². The molecule has 0 bridgehead atoms. The van der Waals surface area contributed by atoms with Crippen molar-refractivity contribution in [3.05, 3.63) is 36.7 Å². The summed E-state index contributed by atoms with van der Waals surface area (Å²) in [4.78, 5) is 23.3. The average Bonchev–Trinajstić information content (AvgIpc) is 3.30. The number of fused-ring (bicyclic) bond motifs is 2. The van der Waals surface area contributed by atoms with Crippen molar-refractivity contribution in [1.29, 1.82) is 0 Å². The number of hydrazine groups is 1. The third kappa shape index (κ3) is 3.12. The molecule has 8 nitrogen and oxygen atoms in total. The first-order valence-corrected chi connectivity index (χ1v) is 9.70. The highest BCUT2D eigenvalue weighted by atomic mass is 32.1. The molecule has 0 fully saturated rings. The molecule has 2 N–H and O–H groups in total. The molecule has 0 saturated heterocycles. The Kier molecular flexibility index (Phi) is 4.57. The number of benzene rings is 2. The van der Waals surface area contributed by atoms with Gasteiger partial charge in [0.05, 0.1) is 43.9 Å². The van der Waals surface area contributed by atoms with E-state index in [0.29, 0.717) is 27.9 Å². The number of carbonyl (C=O) groups is 2. The zero-order valence-corrected chi connectivity index (χ0v) is 16.4. The lowest BCUT2D eigenvalue weighted by Gasteiger charge is -2.26. The molecule has 2 heterocycles. The molecule has 0 saturated carbocycles. The quantitative estimate of drug-likeness (QED) is 0.298. The number of carbonyl (C=O) groups excluding carboxylic acids is 2. The van der Waals surface area contributed by atoms with Crippen LogP contribution in [-0.2, 0) is 9.59 Å². The SMILES string of the molecule is CC(=O)NN(c1ccc(O)c2cnsc12)c1ccc(OC(C)=O)c2cnsc12. The predicted molar refractivity (Wildman–Crippen MR) is 108 cm³/mol. The molecule has 142 valence electrons. The van der Waals surface area contributed by atoms with Crippen molar-refractivity contribution in [3.8, 4) is 11.5 Å². The number of aromatic nitrogens is 2.